The third kappa shape index (κ3) is 2.42. The Morgan fingerprint density at radius 2 is 1.82 bits per heavy atom. The number of nitriles is 1. The lowest BCUT2D eigenvalue weighted by molar-refractivity contribution is -0.166. The normalized spacial score (nSPS) is 17.5. The van der Waals surface area contributed by atoms with E-state index in [0.717, 1.165) is 5.56 Å². The molecule has 1 saturated carbocycles. The standard InChI is InChI=1S/C12H11F3N2/c13-12(14,15)11(5-6-11)17-8-10-3-1-9(7-16)2-4-10/h1-4,17H,5-6,8H2. The van der Waals surface area contributed by atoms with Crippen LogP contribution in [0, 0.1) is 11.3 Å². The van der Waals surface area contributed by atoms with Crippen molar-refractivity contribution in [3.05, 3.63) is 35.4 Å². The summed E-state index contributed by atoms with van der Waals surface area (Å²) < 4.78 is 37.8. The number of nitrogens with zero attached hydrogens (tertiary/aromatic N) is 1. The van der Waals surface area contributed by atoms with Gasteiger partial charge in [0.2, 0.25) is 0 Å². The van der Waals surface area contributed by atoms with Crippen LogP contribution in [0.5, 0.6) is 0 Å². The van der Waals surface area contributed by atoms with Crippen LogP contribution >= 0.6 is 0 Å². The highest BCUT2D eigenvalue weighted by molar-refractivity contribution is 5.31. The molecule has 2 nitrogen and oxygen atoms in total. The summed E-state index contributed by atoms with van der Waals surface area (Å²) in [5.41, 5.74) is -0.425. The summed E-state index contributed by atoms with van der Waals surface area (Å²) in [4.78, 5) is 0. The van der Waals surface area contributed by atoms with Gasteiger partial charge in [-0.15, -0.1) is 0 Å². The molecule has 1 N–H and O–H groups in total. The first-order valence-corrected chi connectivity index (χ1v) is 5.28. The first-order valence-electron chi connectivity index (χ1n) is 5.28. The molecule has 0 aliphatic heterocycles. The largest absolute Gasteiger partial charge is 0.406 e. The highest BCUT2D eigenvalue weighted by Crippen LogP contribution is 2.49. The lowest BCUT2D eigenvalue weighted by Crippen LogP contribution is -2.44. The van der Waals surface area contributed by atoms with Crippen molar-refractivity contribution in [2.24, 2.45) is 0 Å². The number of benzene rings is 1. The Kier molecular flexibility index (Phi) is 2.84. The number of rotatable bonds is 3. The van der Waals surface area contributed by atoms with Gasteiger partial charge in [0, 0.05) is 6.54 Å². The molecule has 2 rings (SSSR count). The average molecular weight is 240 g/mol. The molecule has 0 saturated heterocycles. The Morgan fingerprint density at radius 1 is 1.24 bits per heavy atom. The van der Waals surface area contributed by atoms with Crippen LogP contribution in [0.15, 0.2) is 24.3 Å². The third-order valence-corrected chi connectivity index (χ3v) is 3.01. The van der Waals surface area contributed by atoms with Gasteiger partial charge in [0.15, 0.2) is 0 Å². The summed E-state index contributed by atoms with van der Waals surface area (Å²) in [5, 5.41) is 11.1. The van der Waals surface area contributed by atoms with Gasteiger partial charge in [0.1, 0.15) is 5.54 Å². The van der Waals surface area contributed by atoms with Crippen molar-refractivity contribution >= 4 is 0 Å². The minimum Gasteiger partial charge on any atom is -0.299 e. The molecule has 1 fully saturated rings. The molecule has 0 heterocycles. The Morgan fingerprint density at radius 3 is 2.24 bits per heavy atom. The molecule has 0 spiro atoms. The van der Waals surface area contributed by atoms with E-state index in [2.05, 4.69) is 5.32 Å². The van der Waals surface area contributed by atoms with E-state index in [0.29, 0.717) is 5.56 Å². The number of hydrogen-bond donors (Lipinski definition) is 1. The number of hydrogen-bond acceptors (Lipinski definition) is 2. The second-order valence-corrected chi connectivity index (χ2v) is 4.24. The molecule has 1 aromatic rings. The maximum atomic E-state index is 12.6. The minimum absolute atomic E-state index is 0.146. The van der Waals surface area contributed by atoms with Gasteiger partial charge in [0.05, 0.1) is 11.6 Å². The van der Waals surface area contributed by atoms with E-state index in [1.165, 1.54) is 0 Å². The lowest BCUT2D eigenvalue weighted by atomic mass is 10.1. The first kappa shape index (κ1) is 11.9. The van der Waals surface area contributed by atoms with Gasteiger partial charge in [-0.05, 0) is 30.5 Å². The minimum atomic E-state index is -4.18. The Balaban J connectivity index is 1.97. The molecule has 0 aromatic heterocycles. The maximum absolute atomic E-state index is 12.6. The zero-order valence-corrected chi connectivity index (χ0v) is 9.01. The van der Waals surface area contributed by atoms with Crippen LogP contribution in [-0.2, 0) is 6.54 Å². The smallest absolute Gasteiger partial charge is 0.299 e. The third-order valence-electron chi connectivity index (χ3n) is 3.01. The van der Waals surface area contributed by atoms with Gasteiger partial charge >= 0.3 is 6.18 Å². The first-order chi connectivity index (χ1) is 7.97. The number of nitrogens with one attached hydrogen (secondary N) is 1. The fourth-order valence-electron chi connectivity index (χ4n) is 1.65. The Bertz CT molecular complexity index is 438. The zero-order valence-electron chi connectivity index (χ0n) is 9.01. The topological polar surface area (TPSA) is 35.8 Å². The van der Waals surface area contributed by atoms with E-state index in [4.69, 9.17) is 5.26 Å². The summed E-state index contributed by atoms with van der Waals surface area (Å²) in [6, 6.07) is 8.49. The molecule has 90 valence electrons. The monoisotopic (exact) mass is 240 g/mol. The highest BCUT2D eigenvalue weighted by Gasteiger charge is 2.62. The molecule has 0 unspecified atom stereocenters. The molecule has 0 atom stereocenters. The Labute approximate surface area is 97.1 Å². The van der Waals surface area contributed by atoms with Crippen molar-refractivity contribution in [3.63, 3.8) is 0 Å². The number of alkyl halides is 3. The molecule has 17 heavy (non-hydrogen) atoms. The van der Waals surface area contributed by atoms with Crippen molar-refractivity contribution in [3.8, 4) is 6.07 Å². The van der Waals surface area contributed by atoms with Gasteiger partial charge < -0.3 is 0 Å². The molecular weight excluding hydrogens is 229 g/mol. The second kappa shape index (κ2) is 4.04. The summed E-state index contributed by atoms with van der Waals surface area (Å²) in [7, 11) is 0. The van der Waals surface area contributed by atoms with Gasteiger partial charge in [-0.1, -0.05) is 12.1 Å². The van der Waals surface area contributed by atoms with Gasteiger partial charge in [-0.25, -0.2) is 0 Å². The molecule has 1 aromatic carbocycles. The van der Waals surface area contributed by atoms with Crippen LogP contribution in [0.1, 0.15) is 24.0 Å². The molecule has 0 radical (unpaired) electrons. The zero-order chi connectivity index (χ0) is 12.5. The predicted molar refractivity (Wildman–Crippen MR) is 56.0 cm³/mol. The van der Waals surface area contributed by atoms with Crippen LogP contribution < -0.4 is 5.32 Å². The van der Waals surface area contributed by atoms with Crippen LogP contribution in [0.25, 0.3) is 0 Å². The van der Waals surface area contributed by atoms with E-state index in [9.17, 15) is 13.2 Å². The molecule has 5 heteroatoms. The van der Waals surface area contributed by atoms with Crippen LogP contribution in [0.4, 0.5) is 13.2 Å². The molecule has 1 aliphatic rings. The van der Waals surface area contributed by atoms with E-state index in [1.54, 1.807) is 24.3 Å². The molecule has 1 aliphatic carbocycles. The average Bonchev–Trinajstić information content (AvgIpc) is 3.07. The van der Waals surface area contributed by atoms with E-state index < -0.39 is 11.7 Å². The summed E-state index contributed by atoms with van der Waals surface area (Å²) in [6.07, 6.45) is -3.89. The molecule has 0 amide bonds. The van der Waals surface area contributed by atoms with Crippen molar-refractivity contribution in [1.82, 2.24) is 5.32 Å². The van der Waals surface area contributed by atoms with Crippen molar-refractivity contribution in [1.29, 1.82) is 5.26 Å². The summed E-state index contributed by atoms with van der Waals surface area (Å²) in [6.45, 7) is 0.172. The SMILES string of the molecule is N#Cc1ccc(CNC2(C(F)(F)F)CC2)cc1. The van der Waals surface area contributed by atoms with Gasteiger partial charge in [-0.2, -0.15) is 18.4 Å². The fourth-order valence-corrected chi connectivity index (χ4v) is 1.65. The quantitative estimate of drug-likeness (QED) is 0.881. The van der Waals surface area contributed by atoms with E-state index >= 15 is 0 Å². The predicted octanol–water partition coefficient (Wildman–Crippen LogP) is 2.74. The van der Waals surface area contributed by atoms with Crippen molar-refractivity contribution < 1.29 is 13.2 Å². The highest BCUT2D eigenvalue weighted by atomic mass is 19.4. The van der Waals surface area contributed by atoms with E-state index in [1.807, 2.05) is 6.07 Å². The molecule has 0 bridgehead atoms. The van der Waals surface area contributed by atoms with Crippen molar-refractivity contribution in [2.45, 2.75) is 31.1 Å². The van der Waals surface area contributed by atoms with Crippen LogP contribution in [-0.4, -0.2) is 11.7 Å². The second-order valence-electron chi connectivity index (χ2n) is 4.24. The van der Waals surface area contributed by atoms with Crippen LogP contribution in [0.2, 0.25) is 0 Å². The van der Waals surface area contributed by atoms with Crippen molar-refractivity contribution in [2.75, 3.05) is 0 Å². The van der Waals surface area contributed by atoms with Gasteiger partial charge in [-0.3, -0.25) is 5.32 Å². The van der Waals surface area contributed by atoms with Gasteiger partial charge in [0.25, 0.3) is 0 Å². The lowest BCUT2D eigenvalue weighted by Gasteiger charge is -2.20. The Hall–Kier alpha value is -1.54. The van der Waals surface area contributed by atoms with E-state index in [-0.39, 0.29) is 19.4 Å². The fraction of sp³-hybridized carbons (Fsp3) is 0.417. The summed E-state index contributed by atoms with van der Waals surface area (Å²) >= 11 is 0. The van der Waals surface area contributed by atoms with Crippen LogP contribution in [0.3, 0.4) is 0 Å². The maximum Gasteiger partial charge on any atom is 0.406 e. The number of halogens is 3. The summed E-state index contributed by atoms with van der Waals surface area (Å²) in [5.74, 6) is 0. The molecular formula is C12H11F3N2.